The van der Waals surface area contributed by atoms with Gasteiger partial charge in [0.05, 0.1) is 65.6 Å². The first-order valence-corrected chi connectivity index (χ1v) is 12.5. The summed E-state index contributed by atoms with van der Waals surface area (Å²) in [5, 5.41) is 14.0. The highest BCUT2D eigenvalue weighted by Gasteiger charge is 2.28. The van der Waals surface area contributed by atoms with E-state index in [-0.39, 0.29) is 12.6 Å². The highest BCUT2D eigenvalue weighted by Crippen LogP contribution is 2.40. The van der Waals surface area contributed by atoms with Crippen molar-refractivity contribution in [2.75, 3.05) is 58.9 Å². The van der Waals surface area contributed by atoms with Gasteiger partial charge in [0, 0.05) is 30.1 Å². The Labute approximate surface area is 226 Å². The summed E-state index contributed by atoms with van der Waals surface area (Å²) in [6, 6.07) is 7.34. The Bertz CT molecular complexity index is 1450. The molecule has 0 unspecified atom stereocenters. The number of rotatable bonds is 10. The molecule has 0 bridgehead atoms. The van der Waals surface area contributed by atoms with Gasteiger partial charge in [0.15, 0.2) is 28.8 Å². The quantitative estimate of drug-likeness (QED) is 0.309. The van der Waals surface area contributed by atoms with Gasteiger partial charge in [-0.3, -0.25) is 0 Å². The highest BCUT2D eigenvalue weighted by molar-refractivity contribution is 5.93. The minimum atomic E-state index is -0.0247. The number of benzene rings is 2. The van der Waals surface area contributed by atoms with Crippen LogP contribution >= 0.6 is 0 Å². The lowest BCUT2D eigenvalue weighted by Crippen LogP contribution is -2.33. The summed E-state index contributed by atoms with van der Waals surface area (Å²) in [5.41, 5.74) is 1.44. The van der Waals surface area contributed by atoms with Crippen LogP contribution in [0.5, 0.6) is 28.7 Å². The number of fused-ring (bicyclic) bond motifs is 1. The number of ether oxygens (including phenoxy) is 5. The van der Waals surface area contributed by atoms with Gasteiger partial charge >= 0.3 is 0 Å². The van der Waals surface area contributed by atoms with Gasteiger partial charge in [-0.05, 0) is 18.9 Å². The highest BCUT2D eigenvalue weighted by atomic mass is 16.5. The summed E-state index contributed by atoms with van der Waals surface area (Å²) >= 11 is 0. The first kappa shape index (κ1) is 26.2. The second-order valence-electron chi connectivity index (χ2n) is 8.94. The van der Waals surface area contributed by atoms with Crippen molar-refractivity contribution >= 4 is 28.5 Å². The van der Waals surface area contributed by atoms with E-state index in [0.29, 0.717) is 51.8 Å². The maximum atomic E-state index is 9.99. The number of hydrogen-bond acceptors (Lipinski definition) is 11. The van der Waals surface area contributed by atoms with Crippen molar-refractivity contribution in [1.82, 2.24) is 19.5 Å². The Morgan fingerprint density at radius 1 is 0.897 bits per heavy atom. The molecule has 5 rings (SSSR count). The van der Waals surface area contributed by atoms with Gasteiger partial charge in [0.1, 0.15) is 12.1 Å². The van der Waals surface area contributed by atoms with E-state index in [9.17, 15) is 5.11 Å². The van der Waals surface area contributed by atoms with Crippen LogP contribution in [0.25, 0.3) is 16.6 Å². The first-order chi connectivity index (χ1) is 19.0. The summed E-state index contributed by atoms with van der Waals surface area (Å²) < 4.78 is 29.3. The van der Waals surface area contributed by atoms with Gasteiger partial charge in [-0.1, -0.05) is 0 Å². The van der Waals surface area contributed by atoms with E-state index >= 15 is 0 Å². The average molecular weight is 537 g/mol. The molecule has 0 radical (unpaired) electrons. The maximum Gasteiger partial charge on any atom is 0.230 e. The van der Waals surface area contributed by atoms with Crippen molar-refractivity contribution in [1.29, 1.82) is 0 Å². The van der Waals surface area contributed by atoms with Gasteiger partial charge in [-0.15, -0.1) is 0 Å². The van der Waals surface area contributed by atoms with E-state index in [1.807, 2.05) is 35.0 Å². The molecular weight excluding hydrogens is 504 g/mol. The third-order valence-electron chi connectivity index (χ3n) is 6.81. The van der Waals surface area contributed by atoms with Gasteiger partial charge in [-0.2, -0.15) is 4.98 Å². The summed E-state index contributed by atoms with van der Waals surface area (Å²) in [6.07, 6.45) is 5.33. The van der Waals surface area contributed by atoms with Crippen LogP contribution in [0.15, 0.2) is 36.8 Å². The normalized spacial score (nSPS) is 14.9. The van der Waals surface area contributed by atoms with E-state index < -0.39 is 0 Å². The summed E-state index contributed by atoms with van der Waals surface area (Å²) in [7, 11) is 7.89. The Kier molecular flexibility index (Phi) is 7.46. The fraction of sp³-hybridized carbons (Fsp3) is 0.370. The Balaban J connectivity index is 1.54. The molecule has 1 aliphatic rings. The Hall–Kier alpha value is -4.45. The molecule has 12 heteroatoms. The zero-order chi connectivity index (χ0) is 27.5. The van der Waals surface area contributed by atoms with E-state index in [4.69, 9.17) is 33.7 Å². The minimum Gasteiger partial charge on any atom is -0.493 e. The van der Waals surface area contributed by atoms with Crippen LogP contribution in [0.1, 0.15) is 12.8 Å². The molecule has 0 amide bonds. The number of anilines is 3. The molecule has 2 aromatic carbocycles. The molecule has 0 spiro atoms. The van der Waals surface area contributed by atoms with Crippen LogP contribution in [-0.2, 0) is 0 Å². The van der Waals surface area contributed by atoms with Crippen LogP contribution in [0.4, 0.5) is 17.6 Å². The molecule has 0 saturated carbocycles. The largest absolute Gasteiger partial charge is 0.493 e. The number of methoxy groups -OCH3 is 5. The maximum absolute atomic E-state index is 9.99. The molecule has 2 N–H and O–H groups in total. The smallest absolute Gasteiger partial charge is 0.230 e. The van der Waals surface area contributed by atoms with Crippen molar-refractivity contribution in [2.45, 2.75) is 18.9 Å². The number of hydrogen-bond donors (Lipinski definition) is 2. The Morgan fingerprint density at radius 2 is 1.59 bits per heavy atom. The molecule has 1 saturated heterocycles. The van der Waals surface area contributed by atoms with Crippen LogP contribution in [0, 0.1) is 0 Å². The standard InChI is InChI=1S/C27H32N6O6/c1-35-20-11-18-19(12-21(20)36-2)29-27(31-26(18)33-8-6-7-16(33)14-34)30-24-13-32(15-28-24)17-9-22(37-3)25(39-5)23(10-17)38-4/h9-13,15-16,34H,6-8,14H2,1-5H3,(H,29,30,31)/t16-/m0/s1. The third kappa shape index (κ3) is 4.90. The second kappa shape index (κ2) is 11.1. The van der Waals surface area contributed by atoms with Gasteiger partial charge < -0.3 is 43.6 Å². The zero-order valence-corrected chi connectivity index (χ0v) is 22.6. The number of imidazole rings is 1. The lowest BCUT2D eigenvalue weighted by Gasteiger charge is -2.26. The van der Waals surface area contributed by atoms with Crippen LogP contribution in [-0.4, -0.2) is 79.4 Å². The molecule has 206 valence electrons. The summed E-state index contributed by atoms with van der Waals surface area (Å²) in [4.78, 5) is 16.2. The van der Waals surface area contributed by atoms with Gasteiger partial charge in [0.25, 0.3) is 0 Å². The molecule has 1 atom stereocenters. The molecule has 12 nitrogen and oxygen atoms in total. The first-order valence-electron chi connectivity index (χ1n) is 12.5. The summed E-state index contributed by atoms with van der Waals surface area (Å²) in [6.45, 7) is 0.821. The van der Waals surface area contributed by atoms with E-state index in [0.717, 1.165) is 30.5 Å². The second-order valence-corrected chi connectivity index (χ2v) is 8.94. The number of nitrogens with one attached hydrogen (secondary N) is 1. The lowest BCUT2D eigenvalue weighted by molar-refractivity contribution is 0.266. The van der Waals surface area contributed by atoms with Gasteiger partial charge in [0.2, 0.25) is 11.7 Å². The molecule has 2 aromatic heterocycles. The van der Waals surface area contributed by atoms with E-state index in [2.05, 4.69) is 15.2 Å². The average Bonchev–Trinajstić information content (AvgIpc) is 3.64. The van der Waals surface area contributed by atoms with Crippen molar-refractivity contribution in [3.05, 3.63) is 36.8 Å². The molecular formula is C27H32N6O6. The molecule has 1 aliphatic heterocycles. The lowest BCUT2D eigenvalue weighted by atomic mass is 10.1. The zero-order valence-electron chi connectivity index (χ0n) is 22.6. The minimum absolute atomic E-state index is 0.0247. The van der Waals surface area contributed by atoms with Crippen molar-refractivity contribution < 1.29 is 28.8 Å². The van der Waals surface area contributed by atoms with E-state index in [1.165, 1.54) is 0 Å². The fourth-order valence-electron chi connectivity index (χ4n) is 4.88. The predicted molar refractivity (Wildman–Crippen MR) is 147 cm³/mol. The third-order valence-corrected chi connectivity index (χ3v) is 6.81. The summed E-state index contributed by atoms with van der Waals surface area (Å²) in [5.74, 6) is 4.33. The monoisotopic (exact) mass is 536 g/mol. The van der Waals surface area contributed by atoms with Crippen molar-refractivity contribution in [2.24, 2.45) is 0 Å². The SMILES string of the molecule is COc1cc2nc(Nc3cn(-c4cc(OC)c(OC)c(OC)c4)cn3)nc(N3CCC[C@H]3CO)c2cc1OC. The van der Waals surface area contributed by atoms with Crippen LogP contribution in [0.3, 0.4) is 0 Å². The van der Waals surface area contributed by atoms with Crippen LogP contribution < -0.4 is 33.9 Å². The fourth-order valence-corrected chi connectivity index (χ4v) is 4.88. The number of aliphatic hydroxyl groups excluding tert-OH is 1. The molecule has 39 heavy (non-hydrogen) atoms. The molecule has 3 heterocycles. The predicted octanol–water partition coefficient (Wildman–Crippen LogP) is 3.56. The topological polar surface area (TPSA) is 125 Å². The number of aliphatic hydroxyl groups is 1. The van der Waals surface area contributed by atoms with Crippen LogP contribution in [0.2, 0.25) is 0 Å². The number of nitrogens with zero attached hydrogens (tertiary/aromatic N) is 5. The molecule has 1 fully saturated rings. The molecule has 0 aliphatic carbocycles. The number of aromatic nitrogens is 4. The van der Waals surface area contributed by atoms with Gasteiger partial charge in [-0.25, -0.2) is 9.97 Å². The Morgan fingerprint density at radius 3 is 2.23 bits per heavy atom. The van der Waals surface area contributed by atoms with E-state index in [1.54, 1.807) is 41.9 Å². The van der Waals surface area contributed by atoms with Crippen molar-refractivity contribution in [3.8, 4) is 34.4 Å². The molecule has 4 aromatic rings. The van der Waals surface area contributed by atoms with Crippen molar-refractivity contribution in [3.63, 3.8) is 0 Å².